The molecule has 0 aromatic heterocycles. The predicted molar refractivity (Wildman–Crippen MR) is 123 cm³/mol. The highest BCUT2D eigenvalue weighted by molar-refractivity contribution is 6.01. The molecule has 0 spiro atoms. The van der Waals surface area contributed by atoms with Gasteiger partial charge in [-0.2, -0.15) is 0 Å². The van der Waals surface area contributed by atoms with Gasteiger partial charge in [0.15, 0.2) is 11.5 Å². The van der Waals surface area contributed by atoms with E-state index in [9.17, 15) is 9.59 Å². The first-order valence-corrected chi connectivity index (χ1v) is 10.9. The first-order valence-electron chi connectivity index (χ1n) is 10.9. The molecule has 1 heterocycles. The predicted octanol–water partition coefficient (Wildman–Crippen LogP) is 3.93. The van der Waals surface area contributed by atoms with Crippen molar-refractivity contribution in [3.63, 3.8) is 0 Å². The highest BCUT2D eigenvalue weighted by Gasteiger charge is 2.44. The third kappa shape index (κ3) is 4.24. The Balaban J connectivity index is 2.27. The van der Waals surface area contributed by atoms with Gasteiger partial charge in [-0.25, -0.2) is 0 Å². The third-order valence-electron chi connectivity index (χ3n) is 5.65. The zero-order chi connectivity index (χ0) is 23.4. The minimum absolute atomic E-state index is 0.0347. The maximum Gasteiger partial charge on any atom is 0.254 e. The molecule has 0 saturated heterocycles. The number of methoxy groups -OCH3 is 3. The summed E-state index contributed by atoms with van der Waals surface area (Å²) in [6.45, 7) is 6.38. The van der Waals surface area contributed by atoms with Crippen LogP contribution in [0.15, 0.2) is 36.4 Å². The van der Waals surface area contributed by atoms with Crippen LogP contribution >= 0.6 is 0 Å². The van der Waals surface area contributed by atoms with E-state index >= 15 is 0 Å². The fourth-order valence-corrected chi connectivity index (χ4v) is 4.38. The van der Waals surface area contributed by atoms with Crippen LogP contribution in [0, 0.1) is 0 Å². The molecule has 1 N–H and O–H groups in total. The van der Waals surface area contributed by atoms with Gasteiger partial charge in [-0.3, -0.25) is 9.59 Å². The number of ether oxygens (including phenoxy) is 3. The largest absolute Gasteiger partial charge is 0.493 e. The molecule has 7 heteroatoms. The zero-order valence-electron chi connectivity index (χ0n) is 19.6. The second kappa shape index (κ2) is 9.94. The Kier molecular flexibility index (Phi) is 7.28. The van der Waals surface area contributed by atoms with Crippen molar-refractivity contribution in [1.82, 2.24) is 10.2 Å². The van der Waals surface area contributed by atoms with E-state index in [1.165, 1.54) is 0 Å². The van der Waals surface area contributed by atoms with Crippen molar-refractivity contribution in [2.75, 3.05) is 27.9 Å². The van der Waals surface area contributed by atoms with E-state index in [-0.39, 0.29) is 17.9 Å². The molecule has 1 aliphatic heterocycles. The second-order valence-corrected chi connectivity index (χ2v) is 8.13. The maximum atomic E-state index is 13.5. The summed E-state index contributed by atoms with van der Waals surface area (Å²) >= 11 is 0. The number of nitrogens with zero attached hydrogens (tertiary/aromatic N) is 1. The lowest BCUT2D eigenvalue weighted by atomic mass is 9.78. The Morgan fingerprint density at radius 2 is 1.69 bits per heavy atom. The standard InChI is InChI=1S/C25H32N2O5/c1-7-12-27-22(16-13-19(30-4)23(32-6)20(14-16)31-5)21(24(28)26-15(2)3)17-10-8-9-11-18(17)25(27)29/h8-11,13-15,21-22H,7,12H2,1-6H3,(H,26,28). The maximum absolute atomic E-state index is 13.5. The third-order valence-corrected chi connectivity index (χ3v) is 5.65. The normalized spacial score (nSPS) is 17.7. The molecule has 3 rings (SSSR count). The highest BCUT2D eigenvalue weighted by atomic mass is 16.5. The summed E-state index contributed by atoms with van der Waals surface area (Å²) in [5, 5.41) is 3.05. The van der Waals surface area contributed by atoms with Crippen LogP contribution in [0.25, 0.3) is 0 Å². The first-order chi connectivity index (χ1) is 15.4. The van der Waals surface area contributed by atoms with Gasteiger partial charge in [0.1, 0.15) is 0 Å². The molecule has 2 aromatic carbocycles. The summed E-state index contributed by atoms with van der Waals surface area (Å²) in [4.78, 5) is 28.8. The first kappa shape index (κ1) is 23.4. The van der Waals surface area contributed by atoms with Gasteiger partial charge in [0.05, 0.1) is 33.3 Å². The van der Waals surface area contributed by atoms with E-state index < -0.39 is 12.0 Å². The van der Waals surface area contributed by atoms with Crippen molar-refractivity contribution in [2.24, 2.45) is 0 Å². The number of hydrogen-bond acceptors (Lipinski definition) is 5. The summed E-state index contributed by atoms with van der Waals surface area (Å²) in [6.07, 6.45) is 0.757. The lowest BCUT2D eigenvalue weighted by Gasteiger charge is -2.42. The number of rotatable bonds is 8. The molecular formula is C25H32N2O5. The molecule has 2 atom stereocenters. The van der Waals surface area contributed by atoms with Crippen molar-refractivity contribution in [1.29, 1.82) is 0 Å². The summed E-state index contributed by atoms with van der Waals surface area (Å²) in [6, 6.07) is 10.4. The molecular weight excluding hydrogens is 408 g/mol. The number of benzene rings is 2. The molecule has 1 aliphatic rings. The van der Waals surface area contributed by atoms with Gasteiger partial charge >= 0.3 is 0 Å². The Morgan fingerprint density at radius 1 is 1.06 bits per heavy atom. The number of hydrogen-bond donors (Lipinski definition) is 1. The van der Waals surface area contributed by atoms with Gasteiger partial charge in [0.25, 0.3) is 5.91 Å². The molecule has 172 valence electrons. The van der Waals surface area contributed by atoms with E-state index in [4.69, 9.17) is 14.2 Å². The topological polar surface area (TPSA) is 77.1 Å². The molecule has 2 unspecified atom stereocenters. The smallest absolute Gasteiger partial charge is 0.254 e. The van der Waals surface area contributed by atoms with Gasteiger partial charge in [-0.15, -0.1) is 0 Å². The number of carbonyl (C=O) groups excluding carboxylic acids is 2. The molecule has 0 saturated carbocycles. The van der Waals surface area contributed by atoms with Gasteiger partial charge in [-0.05, 0) is 49.6 Å². The van der Waals surface area contributed by atoms with Crippen LogP contribution in [0.4, 0.5) is 0 Å². The van der Waals surface area contributed by atoms with Crippen molar-refractivity contribution >= 4 is 11.8 Å². The minimum atomic E-state index is -0.583. The average molecular weight is 441 g/mol. The molecule has 0 fully saturated rings. The number of carbonyl (C=O) groups is 2. The molecule has 0 radical (unpaired) electrons. The van der Waals surface area contributed by atoms with Crippen LogP contribution in [0.3, 0.4) is 0 Å². The molecule has 0 aliphatic carbocycles. The van der Waals surface area contributed by atoms with E-state index in [2.05, 4.69) is 5.32 Å². The SMILES string of the molecule is CCCN1C(=O)c2ccccc2C(C(=O)NC(C)C)C1c1cc(OC)c(OC)c(OC)c1. The van der Waals surface area contributed by atoms with Crippen molar-refractivity contribution < 1.29 is 23.8 Å². The zero-order valence-corrected chi connectivity index (χ0v) is 19.6. The van der Waals surface area contributed by atoms with Crippen LogP contribution in [-0.2, 0) is 4.79 Å². The quantitative estimate of drug-likeness (QED) is 0.673. The lowest BCUT2D eigenvalue weighted by Crippen LogP contribution is -2.48. The molecule has 2 amide bonds. The van der Waals surface area contributed by atoms with Gasteiger partial charge in [-0.1, -0.05) is 25.1 Å². The average Bonchev–Trinajstić information content (AvgIpc) is 2.79. The molecule has 0 bridgehead atoms. The monoisotopic (exact) mass is 440 g/mol. The Hall–Kier alpha value is -3.22. The minimum Gasteiger partial charge on any atom is -0.493 e. The number of fused-ring (bicyclic) bond motifs is 1. The Labute approximate surface area is 189 Å². The van der Waals surface area contributed by atoms with E-state index in [0.717, 1.165) is 17.5 Å². The van der Waals surface area contributed by atoms with Crippen molar-refractivity contribution in [3.8, 4) is 17.2 Å². The molecule has 2 aromatic rings. The Bertz CT molecular complexity index is 963. The van der Waals surface area contributed by atoms with Crippen LogP contribution in [0.1, 0.15) is 60.6 Å². The van der Waals surface area contributed by atoms with Crippen molar-refractivity contribution in [2.45, 2.75) is 45.2 Å². The fourth-order valence-electron chi connectivity index (χ4n) is 4.38. The number of nitrogens with one attached hydrogen (secondary N) is 1. The van der Waals surface area contributed by atoms with Gasteiger partial charge in [0, 0.05) is 18.2 Å². The van der Waals surface area contributed by atoms with E-state index in [1.54, 1.807) is 32.3 Å². The van der Waals surface area contributed by atoms with Crippen LogP contribution in [-0.4, -0.2) is 50.6 Å². The molecule has 32 heavy (non-hydrogen) atoms. The van der Waals surface area contributed by atoms with Crippen LogP contribution in [0.2, 0.25) is 0 Å². The van der Waals surface area contributed by atoms with Crippen LogP contribution in [0.5, 0.6) is 17.2 Å². The van der Waals surface area contributed by atoms with Crippen LogP contribution < -0.4 is 19.5 Å². The van der Waals surface area contributed by atoms with E-state index in [1.807, 2.05) is 51.1 Å². The summed E-state index contributed by atoms with van der Waals surface area (Å²) in [5.41, 5.74) is 2.04. The number of amides is 2. The highest BCUT2D eigenvalue weighted by Crippen LogP contribution is 2.47. The summed E-state index contributed by atoms with van der Waals surface area (Å²) in [5.74, 6) is 0.627. The summed E-state index contributed by atoms with van der Waals surface area (Å²) in [7, 11) is 4.65. The lowest BCUT2D eigenvalue weighted by molar-refractivity contribution is -0.124. The Morgan fingerprint density at radius 3 is 2.22 bits per heavy atom. The van der Waals surface area contributed by atoms with Crippen molar-refractivity contribution in [3.05, 3.63) is 53.1 Å². The van der Waals surface area contributed by atoms with Gasteiger partial charge < -0.3 is 24.4 Å². The fraction of sp³-hybridized carbons (Fsp3) is 0.440. The summed E-state index contributed by atoms with van der Waals surface area (Å²) < 4.78 is 16.6. The second-order valence-electron chi connectivity index (χ2n) is 8.13. The van der Waals surface area contributed by atoms with E-state index in [0.29, 0.717) is 29.4 Å². The van der Waals surface area contributed by atoms with Gasteiger partial charge in [0.2, 0.25) is 11.7 Å². The molecule has 7 nitrogen and oxygen atoms in total.